The second-order valence-electron chi connectivity index (χ2n) is 7.71. The van der Waals surface area contributed by atoms with Gasteiger partial charge >= 0.3 is 0 Å². The number of hydrogen-bond donors (Lipinski definition) is 0. The molecular formula is C22H28ClN3O. The second kappa shape index (κ2) is 8.75. The van der Waals surface area contributed by atoms with E-state index in [4.69, 9.17) is 11.6 Å². The smallest absolute Gasteiger partial charge is 0.246 e. The topological polar surface area (TPSA) is 38.1 Å². The van der Waals surface area contributed by atoms with Crippen molar-refractivity contribution in [3.8, 4) is 0 Å². The van der Waals surface area contributed by atoms with Crippen molar-refractivity contribution >= 4 is 23.6 Å². The van der Waals surface area contributed by atoms with Gasteiger partial charge < -0.3 is 4.90 Å². The van der Waals surface area contributed by atoms with E-state index < -0.39 is 0 Å². The van der Waals surface area contributed by atoms with Crippen molar-refractivity contribution in [1.82, 2.24) is 14.7 Å². The van der Waals surface area contributed by atoms with E-state index >= 15 is 0 Å². The van der Waals surface area contributed by atoms with Crippen LogP contribution in [0.15, 0.2) is 36.4 Å². The average molecular weight is 386 g/mol. The number of halogens is 1. The van der Waals surface area contributed by atoms with Gasteiger partial charge in [0.1, 0.15) is 5.15 Å². The van der Waals surface area contributed by atoms with E-state index in [9.17, 15) is 4.79 Å². The van der Waals surface area contributed by atoms with Gasteiger partial charge in [-0.15, -0.1) is 0 Å². The van der Waals surface area contributed by atoms with Crippen LogP contribution in [-0.4, -0.2) is 33.7 Å². The molecule has 1 saturated heterocycles. The van der Waals surface area contributed by atoms with Crippen molar-refractivity contribution in [2.45, 2.75) is 46.1 Å². The zero-order valence-corrected chi connectivity index (χ0v) is 17.1. The number of amides is 1. The van der Waals surface area contributed by atoms with Crippen molar-refractivity contribution in [3.63, 3.8) is 0 Å². The minimum atomic E-state index is 0.0496. The summed E-state index contributed by atoms with van der Waals surface area (Å²) in [5.74, 6) is 1.06. The van der Waals surface area contributed by atoms with Gasteiger partial charge in [-0.1, -0.05) is 55.8 Å². The largest absolute Gasteiger partial charge is 0.339 e. The summed E-state index contributed by atoms with van der Waals surface area (Å²) >= 11 is 6.45. The Labute approximate surface area is 166 Å². The molecule has 1 aromatic carbocycles. The number of benzene rings is 1. The molecule has 0 atom stereocenters. The molecule has 144 valence electrons. The van der Waals surface area contributed by atoms with E-state index in [2.05, 4.69) is 43.2 Å². The van der Waals surface area contributed by atoms with E-state index in [-0.39, 0.29) is 5.91 Å². The van der Waals surface area contributed by atoms with Crippen LogP contribution in [0.25, 0.3) is 6.08 Å². The third kappa shape index (κ3) is 4.81. The minimum Gasteiger partial charge on any atom is -0.339 e. The predicted molar refractivity (Wildman–Crippen MR) is 111 cm³/mol. The predicted octanol–water partition coefficient (Wildman–Crippen LogP) is 4.92. The van der Waals surface area contributed by atoms with Gasteiger partial charge in [-0.05, 0) is 43.2 Å². The van der Waals surface area contributed by atoms with Crippen molar-refractivity contribution in [1.29, 1.82) is 0 Å². The second-order valence-corrected chi connectivity index (χ2v) is 8.07. The van der Waals surface area contributed by atoms with Crippen LogP contribution in [-0.2, 0) is 11.3 Å². The number of piperidine rings is 1. The van der Waals surface area contributed by atoms with Crippen molar-refractivity contribution in [3.05, 3.63) is 58.4 Å². The first-order valence-corrected chi connectivity index (χ1v) is 10.1. The van der Waals surface area contributed by atoms with Crippen LogP contribution in [0.5, 0.6) is 0 Å². The Balaban J connectivity index is 1.61. The van der Waals surface area contributed by atoms with Crippen LogP contribution >= 0.6 is 11.6 Å². The van der Waals surface area contributed by atoms with Crippen LogP contribution in [0.2, 0.25) is 5.15 Å². The third-order valence-electron chi connectivity index (χ3n) is 5.12. The molecule has 0 radical (unpaired) electrons. The van der Waals surface area contributed by atoms with Crippen LogP contribution < -0.4 is 0 Å². The summed E-state index contributed by atoms with van der Waals surface area (Å²) in [5.41, 5.74) is 3.07. The Morgan fingerprint density at radius 2 is 1.93 bits per heavy atom. The number of nitrogens with zero attached hydrogens (tertiary/aromatic N) is 3. The molecule has 1 fully saturated rings. The summed E-state index contributed by atoms with van der Waals surface area (Å²) in [6, 6.07) is 10.6. The quantitative estimate of drug-likeness (QED) is 0.685. The SMILES string of the molecule is Cc1nn(CC(C)C)c(Cl)c1/C=C/C(=O)N1CCC(c2ccccc2)CC1. The first kappa shape index (κ1) is 19.7. The molecule has 0 spiro atoms. The molecule has 0 saturated carbocycles. The Morgan fingerprint density at radius 1 is 1.26 bits per heavy atom. The number of carbonyl (C=O) groups excluding carboxylic acids is 1. The van der Waals surface area contributed by atoms with Crippen LogP contribution in [0.3, 0.4) is 0 Å². The van der Waals surface area contributed by atoms with Crippen LogP contribution in [0, 0.1) is 12.8 Å². The molecule has 1 amide bonds. The Kier molecular flexibility index (Phi) is 6.38. The third-order valence-corrected chi connectivity index (χ3v) is 5.52. The summed E-state index contributed by atoms with van der Waals surface area (Å²) in [6.45, 7) is 8.55. The molecule has 27 heavy (non-hydrogen) atoms. The monoisotopic (exact) mass is 385 g/mol. The first-order chi connectivity index (χ1) is 13.0. The van der Waals surface area contributed by atoms with Gasteiger partial charge in [-0.2, -0.15) is 5.10 Å². The highest BCUT2D eigenvalue weighted by Crippen LogP contribution is 2.28. The molecule has 1 aliphatic rings. The molecule has 5 heteroatoms. The maximum Gasteiger partial charge on any atom is 0.246 e. The summed E-state index contributed by atoms with van der Waals surface area (Å²) in [5, 5.41) is 5.10. The fraction of sp³-hybridized carbons (Fsp3) is 0.455. The number of likely N-dealkylation sites (tertiary alicyclic amines) is 1. The van der Waals surface area contributed by atoms with Gasteiger partial charge in [0, 0.05) is 31.3 Å². The molecule has 0 N–H and O–H groups in total. The number of aromatic nitrogens is 2. The van der Waals surface area contributed by atoms with Crippen molar-refractivity contribution < 1.29 is 4.79 Å². The fourth-order valence-corrected chi connectivity index (χ4v) is 3.95. The van der Waals surface area contributed by atoms with Gasteiger partial charge in [0.2, 0.25) is 5.91 Å². The summed E-state index contributed by atoms with van der Waals surface area (Å²) in [6.07, 6.45) is 5.47. The van der Waals surface area contributed by atoms with E-state index in [1.165, 1.54) is 5.56 Å². The normalized spacial score (nSPS) is 15.8. The summed E-state index contributed by atoms with van der Waals surface area (Å²) in [7, 11) is 0. The number of aryl methyl sites for hydroxylation is 1. The maximum atomic E-state index is 12.6. The lowest BCUT2D eigenvalue weighted by atomic mass is 9.89. The first-order valence-electron chi connectivity index (χ1n) is 9.70. The molecule has 1 aromatic heterocycles. The molecule has 3 rings (SSSR count). The minimum absolute atomic E-state index is 0.0496. The highest BCUT2D eigenvalue weighted by atomic mass is 35.5. The van der Waals surface area contributed by atoms with E-state index in [0.29, 0.717) is 17.0 Å². The average Bonchev–Trinajstić information content (AvgIpc) is 2.93. The molecular weight excluding hydrogens is 358 g/mol. The molecule has 2 heterocycles. The van der Waals surface area contributed by atoms with Crippen LogP contribution in [0.1, 0.15) is 49.4 Å². The zero-order chi connectivity index (χ0) is 19.4. The van der Waals surface area contributed by atoms with E-state index in [0.717, 1.165) is 43.7 Å². The maximum absolute atomic E-state index is 12.6. The lowest BCUT2D eigenvalue weighted by Crippen LogP contribution is -2.36. The molecule has 0 aliphatic carbocycles. The van der Waals surface area contributed by atoms with E-state index in [1.54, 1.807) is 6.08 Å². The Hall–Kier alpha value is -2.07. The Bertz CT molecular complexity index is 802. The molecule has 4 nitrogen and oxygen atoms in total. The summed E-state index contributed by atoms with van der Waals surface area (Å²) in [4.78, 5) is 14.5. The molecule has 0 unspecified atom stereocenters. The Morgan fingerprint density at radius 3 is 2.56 bits per heavy atom. The molecule has 2 aromatic rings. The van der Waals surface area contributed by atoms with Crippen LogP contribution in [0.4, 0.5) is 0 Å². The van der Waals surface area contributed by atoms with Gasteiger partial charge in [0.15, 0.2) is 0 Å². The fourth-order valence-electron chi connectivity index (χ4n) is 3.64. The lowest BCUT2D eigenvalue weighted by Gasteiger charge is -2.31. The number of carbonyl (C=O) groups is 1. The zero-order valence-electron chi connectivity index (χ0n) is 16.4. The molecule has 0 bridgehead atoms. The van der Waals surface area contributed by atoms with Gasteiger partial charge in [-0.25, -0.2) is 0 Å². The molecule has 1 aliphatic heterocycles. The standard InChI is InChI=1S/C22H28ClN3O/c1-16(2)15-26-22(23)20(17(3)24-26)9-10-21(27)25-13-11-19(12-14-25)18-7-5-4-6-8-18/h4-10,16,19H,11-15H2,1-3H3/b10-9+. The lowest BCUT2D eigenvalue weighted by molar-refractivity contribution is -0.126. The number of hydrogen-bond acceptors (Lipinski definition) is 2. The van der Waals surface area contributed by atoms with Gasteiger partial charge in [0.05, 0.1) is 5.69 Å². The number of rotatable bonds is 5. The highest BCUT2D eigenvalue weighted by molar-refractivity contribution is 6.31. The van der Waals surface area contributed by atoms with E-state index in [1.807, 2.05) is 28.6 Å². The van der Waals surface area contributed by atoms with Crippen molar-refractivity contribution in [2.24, 2.45) is 5.92 Å². The van der Waals surface area contributed by atoms with Crippen molar-refractivity contribution in [2.75, 3.05) is 13.1 Å². The summed E-state index contributed by atoms with van der Waals surface area (Å²) < 4.78 is 1.82. The highest BCUT2D eigenvalue weighted by Gasteiger charge is 2.22. The van der Waals surface area contributed by atoms with Gasteiger partial charge in [0.25, 0.3) is 0 Å². The van der Waals surface area contributed by atoms with Gasteiger partial charge in [-0.3, -0.25) is 9.48 Å².